The predicted octanol–water partition coefficient (Wildman–Crippen LogP) is 3.20. The van der Waals surface area contributed by atoms with Crippen molar-refractivity contribution in [3.05, 3.63) is 65.7 Å². The molecule has 2 aromatic rings. The number of ether oxygens (including phenoxy) is 1. The average molecular weight is 297 g/mol. The maximum atomic E-state index is 8.12. The van der Waals surface area contributed by atoms with Gasteiger partial charge >= 0.3 is 0 Å². The first-order valence-electron chi connectivity index (χ1n) is 7.40. The third-order valence-corrected chi connectivity index (χ3v) is 3.28. The molecule has 2 aromatic carbocycles. The molecule has 0 fully saturated rings. The number of likely N-dealkylation sites (N-methyl/N-ethyl adjacent to an activating group) is 1. The van der Waals surface area contributed by atoms with Crippen molar-refractivity contribution in [1.82, 2.24) is 4.90 Å². The van der Waals surface area contributed by atoms with Gasteiger partial charge in [0.05, 0.1) is 5.56 Å². The fourth-order valence-electron chi connectivity index (χ4n) is 2.04. The average Bonchev–Trinajstić information content (AvgIpc) is 2.54. The quantitative estimate of drug-likeness (QED) is 0.609. The van der Waals surface area contributed by atoms with Crippen LogP contribution in [0.15, 0.2) is 54.6 Å². The highest BCUT2D eigenvalue weighted by atomic mass is 16.5. The van der Waals surface area contributed by atoms with Crippen LogP contribution < -0.4 is 5.32 Å². The van der Waals surface area contributed by atoms with Crippen LogP contribution in [0.3, 0.4) is 0 Å². The third kappa shape index (κ3) is 4.90. The van der Waals surface area contributed by atoms with Gasteiger partial charge in [0.15, 0.2) is 0 Å². The molecular formula is C18H23N3O. The molecule has 2 N–H and O–H groups in total. The van der Waals surface area contributed by atoms with Crippen molar-refractivity contribution in [1.29, 1.82) is 5.41 Å². The topological polar surface area (TPSA) is 48.4 Å². The maximum Gasteiger partial charge on any atom is 0.215 e. The van der Waals surface area contributed by atoms with Crippen molar-refractivity contribution in [2.24, 2.45) is 0 Å². The Balaban J connectivity index is 1.98. The van der Waals surface area contributed by atoms with Crippen molar-refractivity contribution < 1.29 is 4.74 Å². The first-order valence-corrected chi connectivity index (χ1v) is 7.40. The molecule has 0 radical (unpaired) electrons. The molecule has 0 aliphatic heterocycles. The molecule has 0 heterocycles. The Morgan fingerprint density at radius 1 is 1.05 bits per heavy atom. The van der Waals surface area contributed by atoms with Gasteiger partial charge in [-0.1, -0.05) is 42.5 Å². The van der Waals surface area contributed by atoms with Gasteiger partial charge in [-0.2, -0.15) is 0 Å². The number of nitrogens with zero attached hydrogens (tertiary/aromatic N) is 1. The Labute approximate surface area is 132 Å². The van der Waals surface area contributed by atoms with Crippen LogP contribution in [-0.2, 0) is 11.3 Å². The first kappa shape index (κ1) is 16.0. The van der Waals surface area contributed by atoms with Crippen LogP contribution in [-0.4, -0.2) is 38.0 Å². The standard InChI is InChI=1S/C18H23N3O/c1-21(2)12-13-22-18(19)16-10-6-7-11-17(16)20-14-15-8-4-3-5-9-15/h3-11,19-20H,12-14H2,1-2H3. The van der Waals surface area contributed by atoms with Gasteiger partial charge in [0.1, 0.15) is 6.61 Å². The number of hydrogen-bond acceptors (Lipinski definition) is 4. The Morgan fingerprint density at radius 2 is 1.73 bits per heavy atom. The van der Waals surface area contributed by atoms with Crippen molar-refractivity contribution in [3.8, 4) is 0 Å². The van der Waals surface area contributed by atoms with Crippen molar-refractivity contribution >= 4 is 11.6 Å². The van der Waals surface area contributed by atoms with E-state index in [1.165, 1.54) is 5.56 Å². The van der Waals surface area contributed by atoms with Crippen LogP contribution in [0, 0.1) is 5.41 Å². The Kier molecular flexibility index (Phi) is 5.98. The SMILES string of the molecule is CN(C)CCOC(=N)c1ccccc1NCc1ccccc1. The summed E-state index contributed by atoms with van der Waals surface area (Å²) in [5.74, 6) is 0.206. The molecule has 0 spiro atoms. The maximum absolute atomic E-state index is 8.12. The molecule has 0 saturated carbocycles. The van der Waals surface area contributed by atoms with Gasteiger partial charge in [-0.25, -0.2) is 0 Å². The second kappa shape index (κ2) is 8.20. The summed E-state index contributed by atoms with van der Waals surface area (Å²) < 4.78 is 5.53. The molecule has 116 valence electrons. The molecule has 0 bridgehead atoms. The minimum Gasteiger partial charge on any atom is -0.476 e. The van der Waals surface area contributed by atoms with E-state index in [1.807, 2.05) is 61.5 Å². The fourth-order valence-corrected chi connectivity index (χ4v) is 2.04. The Morgan fingerprint density at radius 3 is 2.45 bits per heavy atom. The number of benzene rings is 2. The zero-order valence-corrected chi connectivity index (χ0v) is 13.2. The molecular weight excluding hydrogens is 274 g/mol. The predicted molar refractivity (Wildman–Crippen MR) is 91.5 cm³/mol. The molecule has 0 amide bonds. The van der Waals surface area contributed by atoms with Crippen LogP contribution in [0.5, 0.6) is 0 Å². The second-order valence-electron chi connectivity index (χ2n) is 5.37. The highest BCUT2D eigenvalue weighted by Crippen LogP contribution is 2.17. The van der Waals surface area contributed by atoms with E-state index >= 15 is 0 Å². The summed E-state index contributed by atoms with van der Waals surface area (Å²) in [7, 11) is 3.98. The number of rotatable bonds is 7. The monoisotopic (exact) mass is 297 g/mol. The van der Waals surface area contributed by atoms with Gasteiger partial charge in [0.2, 0.25) is 5.90 Å². The summed E-state index contributed by atoms with van der Waals surface area (Å²) >= 11 is 0. The van der Waals surface area contributed by atoms with Gasteiger partial charge in [0, 0.05) is 18.8 Å². The normalized spacial score (nSPS) is 10.5. The van der Waals surface area contributed by atoms with E-state index in [9.17, 15) is 0 Å². The lowest BCUT2D eigenvalue weighted by molar-refractivity contribution is 0.250. The number of nitrogens with one attached hydrogen (secondary N) is 2. The molecule has 0 saturated heterocycles. The fraction of sp³-hybridized carbons (Fsp3) is 0.278. The summed E-state index contributed by atoms with van der Waals surface area (Å²) in [6, 6.07) is 18.0. The van der Waals surface area contributed by atoms with E-state index < -0.39 is 0 Å². The van der Waals surface area contributed by atoms with E-state index in [-0.39, 0.29) is 5.90 Å². The molecule has 0 aromatic heterocycles. The van der Waals surface area contributed by atoms with Gasteiger partial charge in [0.25, 0.3) is 0 Å². The smallest absolute Gasteiger partial charge is 0.215 e. The number of para-hydroxylation sites is 1. The van der Waals surface area contributed by atoms with E-state index in [0.29, 0.717) is 6.61 Å². The lowest BCUT2D eigenvalue weighted by Gasteiger charge is -2.15. The van der Waals surface area contributed by atoms with Crippen LogP contribution in [0.4, 0.5) is 5.69 Å². The van der Waals surface area contributed by atoms with Crippen LogP contribution >= 0.6 is 0 Å². The minimum absolute atomic E-state index is 0.206. The summed E-state index contributed by atoms with van der Waals surface area (Å²) in [5.41, 5.74) is 2.91. The minimum atomic E-state index is 0.206. The molecule has 0 aliphatic carbocycles. The Bertz CT molecular complexity index is 596. The van der Waals surface area contributed by atoms with E-state index in [1.54, 1.807) is 0 Å². The lowest BCUT2D eigenvalue weighted by Crippen LogP contribution is -2.20. The Hall–Kier alpha value is -2.33. The van der Waals surface area contributed by atoms with Crippen LogP contribution in [0.2, 0.25) is 0 Å². The molecule has 22 heavy (non-hydrogen) atoms. The zero-order chi connectivity index (χ0) is 15.8. The highest BCUT2D eigenvalue weighted by Gasteiger charge is 2.08. The summed E-state index contributed by atoms with van der Waals surface area (Å²) in [6.45, 7) is 2.03. The lowest BCUT2D eigenvalue weighted by atomic mass is 10.1. The highest BCUT2D eigenvalue weighted by molar-refractivity contribution is 5.97. The molecule has 4 nitrogen and oxygen atoms in total. The van der Waals surface area contributed by atoms with E-state index in [4.69, 9.17) is 10.1 Å². The second-order valence-corrected chi connectivity index (χ2v) is 5.37. The summed E-state index contributed by atoms with van der Waals surface area (Å²) in [5, 5.41) is 11.5. The first-order chi connectivity index (χ1) is 10.7. The zero-order valence-electron chi connectivity index (χ0n) is 13.2. The largest absolute Gasteiger partial charge is 0.476 e. The van der Waals surface area contributed by atoms with Crippen molar-refractivity contribution in [2.45, 2.75) is 6.54 Å². The molecule has 0 unspecified atom stereocenters. The van der Waals surface area contributed by atoms with Gasteiger partial charge in [-0.05, 0) is 31.8 Å². The summed E-state index contributed by atoms with van der Waals surface area (Å²) in [6.07, 6.45) is 0. The van der Waals surface area contributed by atoms with Gasteiger partial charge in [-0.3, -0.25) is 5.41 Å². The van der Waals surface area contributed by atoms with Gasteiger partial charge < -0.3 is 15.0 Å². The molecule has 4 heteroatoms. The van der Waals surface area contributed by atoms with Gasteiger partial charge in [-0.15, -0.1) is 0 Å². The van der Waals surface area contributed by atoms with E-state index in [0.717, 1.165) is 24.3 Å². The molecule has 2 rings (SSSR count). The molecule has 0 atom stereocenters. The number of anilines is 1. The van der Waals surface area contributed by atoms with Crippen LogP contribution in [0.25, 0.3) is 0 Å². The van der Waals surface area contributed by atoms with Crippen molar-refractivity contribution in [3.63, 3.8) is 0 Å². The van der Waals surface area contributed by atoms with Crippen molar-refractivity contribution in [2.75, 3.05) is 32.6 Å². The number of hydrogen-bond donors (Lipinski definition) is 2. The van der Waals surface area contributed by atoms with Crippen LogP contribution in [0.1, 0.15) is 11.1 Å². The van der Waals surface area contributed by atoms with E-state index in [2.05, 4.69) is 17.4 Å². The molecule has 0 aliphatic rings. The third-order valence-electron chi connectivity index (χ3n) is 3.28. The summed E-state index contributed by atoms with van der Waals surface area (Å²) in [4.78, 5) is 2.03.